The van der Waals surface area contributed by atoms with Crippen LogP contribution in [0.2, 0.25) is 5.02 Å². The fourth-order valence-corrected chi connectivity index (χ4v) is 2.62. The minimum absolute atomic E-state index is 0.0698. The van der Waals surface area contributed by atoms with Gasteiger partial charge in [-0.3, -0.25) is 4.98 Å². The third-order valence-electron chi connectivity index (χ3n) is 3.44. The molecule has 88 valence electrons. The van der Waals surface area contributed by atoms with E-state index in [4.69, 9.17) is 17.3 Å². The van der Waals surface area contributed by atoms with E-state index in [0.717, 1.165) is 18.0 Å². The molecule has 1 atom stereocenters. The van der Waals surface area contributed by atoms with Crippen LogP contribution >= 0.6 is 11.6 Å². The molecule has 1 heterocycles. The third kappa shape index (κ3) is 3.19. The molecule has 2 N–H and O–H groups in total. The maximum Gasteiger partial charge on any atom is 0.0589 e. The summed E-state index contributed by atoms with van der Waals surface area (Å²) in [6.07, 6.45) is 9.54. The van der Waals surface area contributed by atoms with Crippen molar-refractivity contribution in [2.75, 3.05) is 0 Å². The highest BCUT2D eigenvalue weighted by Crippen LogP contribution is 2.30. The molecule has 1 unspecified atom stereocenters. The van der Waals surface area contributed by atoms with Crippen LogP contribution in [-0.2, 0) is 0 Å². The molecule has 3 heteroatoms. The van der Waals surface area contributed by atoms with Gasteiger partial charge in [-0.2, -0.15) is 0 Å². The van der Waals surface area contributed by atoms with Gasteiger partial charge in [0, 0.05) is 12.2 Å². The summed E-state index contributed by atoms with van der Waals surface area (Å²) in [5.74, 6) is 0.793. The molecule has 0 aromatic carbocycles. The maximum atomic E-state index is 6.17. The molecule has 1 aliphatic rings. The Kier molecular flexibility index (Phi) is 4.19. The number of nitrogens with zero attached hydrogens (tertiary/aromatic N) is 1. The summed E-state index contributed by atoms with van der Waals surface area (Å²) < 4.78 is 0. The van der Waals surface area contributed by atoms with Crippen LogP contribution in [0.4, 0.5) is 0 Å². The van der Waals surface area contributed by atoms with E-state index < -0.39 is 0 Å². The van der Waals surface area contributed by atoms with Crippen LogP contribution in [0, 0.1) is 5.92 Å². The lowest BCUT2D eigenvalue weighted by Gasteiger charge is -2.24. The molecular weight excluding hydrogens is 220 g/mol. The number of pyridine rings is 1. The summed E-state index contributed by atoms with van der Waals surface area (Å²) in [4.78, 5) is 4.29. The molecular formula is C13H19ClN2. The minimum atomic E-state index is 0.0698. The average molecular weight is 239 g/mol. The summed E-state index contributed by atoms with van der Waals surface area (Å²) in [5.41, 5.74) is 7.14. The molecule has 1 fully saturated rings. The zero-order valence-electron chi connectivity index (χ0n) is 9.53. The van der Waals surface area contributed by atoms with Crippen LogP contribution in [0.3, 0.4) is 0 Å². The lowest BCUT2D eigenvalue weighted by atomic mass is 9.84. The highest BCUT2D eigenvalue weighted by atomic mass is 35.5. The van der Waals surface area contributed by atoms with Crippen LogP contribution < -0.4 is 5.73 Å². The Bertz CT molecular complexity index is 317. The predicted molar refractivity (Wildman–Crippen MR) is 67.4 cm³/mol. The number of aromatic nitrogens is 1. The van der Waals surface area contributed by atoms with Gasteiger partial charge in [-0.25, -0.2) is 0 Å². The van der Waals surface area contributed by atoms with Crippen LogP contribution in [0.25, 0.3) is 0 Å². The molecule has 1 aromatic heterocycles. The summed E-state index contributed by atoms with van der Waals surface area (Å²) in [7, 11) is 0. The number of halogens is 1. The lowest BCUT2D eigenvalue weighted by Crippen LogP contribution is -2.18. The van der Waals surface area contributed by atoms with Crippen molar-refractivity contribution in [1.29, 1.82) is 0 Å². The van der Waals surface area contributed by atoms with Gasteiger partial charge in [0.1, 0.15) is 0 Å². The van der Waals surface area contributed by atoms with Crippen molar-refractivity contribution in [2.45, 2.75) is 44.6 Å². The number of hydrogen-bond donors (Lipinski definition) is 1. The molecule has 2 rings (SSSR count). The minimum Gasteiger partial charge on any atom is -0.323 e. The van der Waals surface area contributed by atoms with E-state index in [1.165, 1.54) is 32.1 Å². The number of hydrogen-bond acceptors (Lipinski definition) is 2. The smallest absolute Gasteiger partial charge is 0.0589 e. The molecule has 16 heavy (non-hydrogen) atoms. The van der Waals surface area contributed by atoms with Crippen molar-refractivity contribution in [3.05, 3.63) is 29.0 Å². The Morgan fingerprint density at radius 3 is 2.69 bits per heavy atom. The van der Waals surface area contributed by atoms with Crippen molar-refractivity contribution in [1.82, 2.24) is 4.98 Å². The van der Waals surface area contributed by atoms with Crippen molar-refractivity contribution in [3.63, 3.8) is 0 Å². The lowest BCUT2D eigenvalue weighted by molar-refractivity contribution is 0.317. The number of nitrogens with two attached hydrogens (primary N) is 1. The Labute approximate surface area is 102 Å². The Hall–Kier alpha value is -0.600. The van der Waals surface area contributed by atoms with Crippen molar-refractivity contribution < 1.29 is 0 Å². The zero-order valence-corrected chi connectivity index (χ0v) is 10.3. The van der Waals surface area contributed by atoms with E-state index in [-0.39, 0.29) is 6.04 Å². The first kappa shape index (κ1) is 11.9. The zero-order chi connectivity index (χ0) is 11.4. The quantitative estimate of drug-likeness (QED) is 0.872. The standard InChI is InChI=1S/C13H19ClN2/c14-11-6-7-13(16-9-11)12(15)8-10-4-2-1-3-5-10/h6-7,9-10,12H,1-5,8,15H2. The van der Waals surface area contributed by atoms with E-state index in [1.807, 2.05) is 12.1 Å². The summed E-state index contributed by atoms with van der Waals surface area (Å²) in [5, 5.41) is 0.675. The third-order valence-corrected chi connectivity index (χ3v) is 3.67. The van der Waals surface area contributed by atoms with Gasteiger partial charge in [0.2, 0.25) is 0 Å². The van der Waals surface area contributed by atoms with E-state index in [1.54, 1.807) is 6.20 Å². The van der Waals surface area contributed by atoms with Gasteiger partial charge in [0.15, 0.2) is 0 Å². The first-order chi connectivity index (χ1) is 7.75. The fraction of sp³-hybridized carbons (Fsp3) is 0.615. The molecule has 0 amide bonds. The van der Waals surface area contributed by atoms with Crippen LogP contribution in [0.1, 0.15) is 50.3 Å². The summed E-state index contributed by atoms with van der Waals surface area (Å²) in [6, 6.07) is 3.88. The van der Waals surface area contributed by atoms with Gasteiger partial charge < -0.3 is 5.73 Å². The summed E-state index contributed by atoms with van der Waals surface area (Å²) in [6.45, 7) is 0. The van der Waals surface area contributed by atoms with E-state index in [9.17, 15) is 0 Å². The van der Waals surface area contributed by atoms with Crippen molar-refractivity contribution >= 4 is 11.6 Å². The second-order valence-electron chi connectivity index (χ2n) is 4.75. The van der Waals surface area contributed by atoms with Crippen LogP contribution in [0.5, 0.6) is 0 Å². The van der Waals surface area contributed by atoms with Gasteiger partial charge in [0.25, 0.3) is 0 Å². The van der Waals surface area contributed by atoms with Gasteiger partial charge in [-0.1, -0.05) is 43.7 Å². The highest BCUT2D eigenvalue weighted by molar-refractivity contribution is 6.30. The highest BCUT2D eigenvalue weighted by Gasteiger charge is 2.18. The van der Waals surface area contributed by atoms with Gasteiger partial charge in [-0.15, -0.1) is 0 Å². The second-order valence-corrected chi connectivity index (χ2v) is 5.18. The molecule has 0 saturated heterocycles. The Morgan fingerprint density at radius 2 is 2.06 bits per heavy atom. The van der Waals surface area contributed by atoms with Crippen LogP contribution in [0.15, 0.2) is 18.3 Å². The topological polar surface area (TPSA) is 38.9 Å². The molecule has 0 spiro atoms. The molecule has 0 aliphatic heterocycles. The van der Waals surface area contributed by atoms with Gasteiger partial charge in [-0.05, 0) is 24.5 Å². The number of rotatable bonds is 3. The van der Waals surface area contributed by atoms with E-state index >= 15 is 0 Å². The first-order valence-electron chi connectivity index (χ1n) is 6.13. The molecule has 0 bridgehead atoms. The Balaban J connectivity index is 1.91. The second kappa shape index (κ2) is 5.65. The maximum absolute atomic E-state index is 6.17. The monoisotopic (exact) mass is 238 g/mol. The van der Waals surface area contributed by atoms with E-state index in [2.05, 4.69) is 4.98 Å². The average Bonchev–Trinajstić information content (AvgIpc) is 2.31. The van der Waals surface area contributed by atoms with Gasteiger partial charge >= 0.3 is 0 Å². The fourth-order valence-electron chi connectivity index (χ4n) is 2.51. The van der Waals surface area contributed by atoms with Crippen LogP contribution in [-0.4, -0.2) is 4.98 Å². The summed E-state index contributed by atoms with van der Waals surface area (Å²) >= 11 is 5.80. The van der Waals surface area contributed by atoms with Gasteiger partial charge in [0.05, 0.1) is 10.7 Å². The predicted octanol–water partition coefficient (Wildman–Crippen LogP) is 3.71. The normalized spacial score (nSPS) is 19.6. The molecule has 0 radical (unpaired) electrons. The van der Waals surface area contributed by atoms with E-state index in [0.29, 0.717) is 5.02 Å². The molecule has 1 saturated carbocycles. The molecule has 2 nitrogen and oxygen atoms in total. The molecule has 1 aliphatic carbocycles. The van der Waals surface area contributed by atoms with Crippen molar-refractivity contribution in [2.24, 2.45) is 11.7 Å². The SMILES string of the molecule is NC(CC1CCCCC1)c1ccc(Cl)cn1. The first-order valence-corrected chi connectivity index (χ1v) is 6.50. The Morgan fingerprint density at radius 1 is 1.31 bits per heavy atom. The van der Waals surface area contributed by atoms with Crippen molar-refractivity contribution in [3.8, 4) is 0 Å². The largest absolute Gasteiger partial charge is 0.323 e. The molecule has 1 aromatic rings.